The quantitative estimate of drug-likeness (QED) is 0.821. The molecule has 0 aromatic heterocycles. The number of benzene rings is 1. The van der Waals surface area contributed by atoms with E-state index in [0.717, 1.165) is 0 Å². The van der Waals surface area contributed by atoms with Gasteiger partial charge in [-0.05, 0) is 32.9 Å². The fourth-order valence-electron chi connectivity index (χ4n) is 1.82. The molecule has 1 aromatic carbocycles. The van der Waals surface area contributed by atoms with Gasteiger partial charge in [0, 0.05) is 13.1 Å². The van der Waals surface area contributed by atoms with Crippen LogP contribution in [0.2, 0.25) is 0 Å². The summed E-state index contributed by atoms with van der Waals surface area (Å²) in [5, 5.41) is 2.64. The van der Waals surface area contributed by atoms with Crippen molar-refractivity contribution in [2.75, 3.05) is 19.7 Å². The van der Waals surface area contributed by atoms with Gasteiger partial charge in [0.05, 0.1) is 0 Å². The van der Waals surface area contributed by atoms with Crippen LogP contribution in [0.4, 0.5) is 0 Å². The van der Waals surface area contributed by atoms with E-state index in [9.17, 15) is 9.59 Å². The Morgan fingerprint density at radius 3 is 2.35 bits per heavy atom. The third kappa shape index (κ3) is 4.91. The molecular formula is C15H22N2O3. The summed E-state index contributed by atoms with van der Waals surface area (Å²) in [6.45, 7) is 6.68. The van der Waals surface area contributed by atoms with Gasteiger partial charge in [0.2, 0.25) is 5.91 Å². The normalized spacial score (nSPS) is 11.6. The van der Waals surface area contributed by atoms with Crippen LogP contribution in [-0.4, -0.2) is 42.5 Å². The first-order chi connectivity index (χ1) is 9.58. The Morgan fingerprint density at radius 2 is 1.80 bits per heavy atom. The fourth-order valence-corrected chi connectivity index (χ4v) is 1.82. The molecule has 20 heavy (non-hydrogen) atoms. The first-order valence-corrected chi connectivity index (χ1v) is 6.84. The highest BCUT2D eigenvalue weighted by Crippen LogP contribution is 2.07. The summed E-state index contributed by atoms with van der Waals surface area (Å²) in [5.74, 6) is 0.246. The minimum atomic E-state index is -0.540. The lowest BCUT2D eigenvalue weighted by molar-refractivity contribution is -0.136. The number of nitrogens with one attached hydrogen (secondary N) is 1. The molecule has 1 rings (SSSR count). The number of amides is 2. The molecular weight excluding hydrogens is 256 g/mol. The first kappa shape index (κ1) is 16.0. The van der Waals surface area contributed by atoms with Crippen LogP contribution in [0.1, 0.15) is 20.8 Å². The highest BCUT2D eigenvalue weighted by molar-refractivity contribution is 5.87. The van der Waals surface area contributed by atoms with Crippen LogP contribution in [0.5, 0.6) is 5.75 Å². The molecule has 0 bridgehead atoms. The number of carbonyl (C=O) groups excluding carboxylic acids is 2. The molecule has 0 aliphatic carbocycles. The van der Waals surface area contributed by atoms with Gasteiger partial charge in [-0.3, -0.25) is 9.59 Å². The number of likely N-dealkylation sites (N-methyl/N-ethyl adjacent to an activating group) is 1. The molecule has 0 aliphatic rings. The summed E-state index contributed by atoms with van der Waals surface area (Å²) < 4.78 is 5.32. The maximum atomic E-state index is 12.0. The molecule has 1 aromatic rings. The Balaban J connectivity index is 2.40. The molecule has 0 spiro atoms. The minimum absolute atomic E-state index is 0.0805. The van der Waals surface area contributed by atoms with E-state index in [-0.39, 0.29) is 18.4 Å². The summed E-state index contributed by atoms with van der Waals surface area (Å²) in [4.78, 5) is 25.4. The second-order valence-electron chi connectivity index (χ2n) is 4.40. The Bertz CT molecular complexity index is 430. The van der Waals surface area contributed by atoms with Crippen molar-refractivity contribution in [2.45, 2.75) is 26.8 Å². The number of para-hydroxylation sites is 1. The predicted molar refractivity (Wildman–Crippen MR) is 77.5 cm³/mol. The highest BCUT2D eigenvalue weighted by Gasteiger charge is 2.19. The van der Waals surface area contributed by atoms with Gasteiger partial charge in [0.1, 0.15) is 11.8 Å². The number of rotatable bonds is 7. The largest absolute Gasteiger partial charge is 0.484 e. The second-order valence-corrected chi connectivity index (χ2v) is 4.40. The average Bonchev–Trinajstić information content (AvgIpc) is 2.47. The zero-order valence-corrected chi connectivity index (χ0v) is 12.3. The van der Waals surface area contributed by atoms with Crippen LogP contribution in [0.3, 0.4) is 0 Å². The highest BCUT2D eigenvalue weighted by atomic mass is 16.5. The van der Waals surface area contributed by atoms with Gasteiger partial charge in [-0.15, -0.1) is 0 Å². The molecule has 110 valence electrons. The van der Waals surface area contributed by atoms with Gasteiger partial charge in [0.25, 0.3) is 5.91 Å². The molecule has 0 radical (unpaired) electrons. The lowest BCUT2D eigenvalue weighted by Gasteiger charge is -2.23. The van der Waals surface area contributed by atoms with E-state index in [1.54, 1.807) is 24.0 Å². The number of hydrogen-bond acceptors (Lipinski definition) is 3. The molecule has 1 N–H and O–H groups in total. The monoisotopic (exact) mass is 278 g/mol. The van der Waals surface area contributed by atoms with E-state index < -0.39 is 6.04 Å². The van der Waals surface area contributed by atoms with Crippen molar-refractivity contribution in [2.24, 2.45) is 0 Å². The number of carbonyl (C=O) groups is 2. The van der Waals surface area contributed by atoms with Crippen LogP contribution >= 0.6 is 0 Å². The van der Waals surface area contributed by atoms with Crippen LogP contribution in [-0.2, 0) is 9.59 Å². The molecule has 0 heterocycles. The lowest BCUT2D eigenvalue weighted by Crippen LogP contribution is -2.48. The smallest absolute Gasteiger partial charge is 0.258 e. The maximum absolute atomic E-state index is 12.0. The molecule has 1 unspecified atom stereocenters. The Morgan fingerprint density at radius 1 is 1.20 bits per heavy atom. The average molecular weight is 278 g/mol. The maximum Gasteiger partial charge on any atom is 0.258 e. The molecule has 0 aliphatic heterocycles. The predicted octanol–water partition coefficient (Wildman–Crippen LogP) is 1.44. The van der Waals surface area contributed by atoms with E-state index in [1.165, 1.54) is 0 Å². The molecule has 1 atom stereocenters. The molecule has 0 saturated carbocycles. The van der Waals surface area contributed by atoms with E-state index in [0.29, 0.717) is 18.8 Å². The Hall–Kier alpha value is -2.04. The molecule has 5 heteroatoms. The van der Waals surface area contributed by atoms with Crippen molar-refractivity contribution in [3.8, 4) is 5.75 Å². The SMILES string of the molecule is CCN(CC)C(=O)C(C)NC(=O)COc1ccccc1. The van der Waals surface area contributed by atoms with Crippen molar-refractivity contribution in [1.29, 1.82) is 0 Å². The molecule has 0 fully saturated rings. The zero-order chi connectivity index (χ0) is 15.0. The third-order valence-electron chi connectivity index (χ3n) is 2.94. The molecule has 5 nitrogen and oxygen atoms in total. The van der Waals surface area contributed by atoms with Gasteiger partial charge in [-0.2, -0.15) is 0 Å². The van der Waals surface area contributed by atoms with E-state index in [1.807, 2.05) is 32.0 Å². The van der Waals surface area contributed by atoms with Gasteiger partial charge in [-0.1, -0.05) is 18.2 Å². The summed E-state index contributed by atoms with van der Waals surface area (Å²) in [6.07, 6.45) is 0. The van der Waals surface area contributed by atoms with Gasteiger partial charge < -0.3 is 15.0 Å². The van der Waals surface area contributed by atoms with Gasteiger partial charge in [0.15, 0.2) is 6.61 Å². The van der Waals surface area contributed by atoms with Crippen molar-refractivity contribution in [3.63, 3.8) is 0 Å². The van der Waals surface area contributed by atoms with Crippen LogP contribution < -0.4 is 10.1 Å². The van der Waals surface area contributed by atoms with Crippen LogP contribution in [0.25, 0.3) is 0 Å². The van der Waals surface area contributed by atoms with E-state index >= 15 is 0 Å². The summed E-state index contributed by atoms with van der Waals surface area (Å²) in [7, 11) is 0. The third-order valence-corrected chi connectivity index (χ3v) is 2.94. The number of hydrogen-bond donors (Lipinski definition) is 1. The topological polar surface area (TPSA) is 58.6 Å². The van der Waals surface area contributed by atoms with Crippen molar-refractivity contribution in [1.82, 2.24) is 10.2 Å². The summed E-state index contributed by atoms with van der Waals surface area (Å²) >= 11 is 0. The standard InChI is InChI=1S/C15H22N2O3/c1-4-17(5-2)15(19)12(3)16-14(18)11-20-13-9-7-6-8-10-13/h6-10,12H,4-5,11H2,1-3H3,(H,16,18). The number of nitrogens with zero attached hydrogens (tertiary/aromatic N) is 1. The van der Waals surface area contributed by atoms with Crippen molar-refractivity contribution < 1.29 is 14.3 Å². The summed E-state index contributed by atoms with van der Waals surface area (Å²) in [6, 6.07) is 8.55. The van der Waals surface area contributed by atoms with E-state index in [4.69, 9.17) is 4.74 Å². The number of ether oxygens (including phenoxy) is 1. The van der Waals surface area contributed by atoms with Gasteiger partial charge >= 0.3 is 0 Å². The fraction of sp³-hybridized carbons (Fsp3) is 0.467. The Labute approximate surface area is 119 Å². The molecule has 2 amide bonds. The second kappa shape index (κ2) is 8.19. The van der Waals surface area contributed by atoms with E-state index in [2.05, 4.69) is 5.32 Å². The Kier molecular flexibility index (Phi) is 6.56. The van der Waals surface area contributed by atoms with Crippen LogP contribution in [0, 0.1) is 0 Å². The van der Waals surface area contributed by atoms with Gasteiger partial charge in [-0.25, -0.2) is 0 Å². The minimum Gasteiger partial charge on any atom is -0.484 e. The van der Waals surface area contributed by atoms with Crippen molar-refractivity contribution >= 4 is 11.8 Å². The van der Waals surface area contributed by atoms with Crippen LogP contribution in [0.15, 0.2) is 30.3 Å². The lowest BCUT2D eigenvalue weighted by atomic mass is 10.2. The van der Waals surface area contributed by atoms with Crippen molar-refractivity contribution in [3.05, 3.63) is 30.3 Å². The molecule has 0 saturated heterocycles. The summed E-state index contributed by atoms with van der Waals surface area (Å²) in [5.41, 5.74) is 0. The zero-order valence-electron chi connectivity index (χ0n) is 12.3. The first-order valence-electron chi connectivity index (χ1n) is 6.84.